The lowest BCUT2D eigenvalue weighted by Gasteiger charge is -2.12. The molecule has 0 spiro atoms. The number of hydrogen-bond donors (Lipinski definition) is 2. The number of nitriles is 1. The number of fused-ring (bicyclic) bond motifs is 1. The molecule has 3 aromatic heterocycles. The molecule has 7 nitrogen and oxygen atoms in total. The van der Waals surface area contributed by atoms with Gasteiger partial charge in [0, 0.05) is 24.8 Å². The first kappa shape index (κ1) is 14.6. The van der Waals surface area contributed by atoms with Crippen molar-refractivity contribution in [1.82, 2.24) is 24.7 Å². The molecule has 1 aliphatic heterocycles. The Labute approximate surface area is 139 Å². The largest absolute Gasteiger partial charge is 0.365 e. The molecule has 4 heterocycles. The molecule has 24 heavy (non-hydrogen) atoms. The molecule has 1 aliphatic rings. The maximum atomic E-state index is 8.99. The van der Waals surface area contributed by atoms with Crippen molar-refractivity contribution in [2.45, 2.75) is 25.4 Å². The van der Waals surface area contributed by atoms with Crippen LogP contribution in [0.5, 0.6) is 0 Å². The van der Waals surface area contributed by atoms with Crippen LogP contribution in [0.1, 0.15) is 18.9 Å². The van der Waals surface area contributed by atoms with E-state index >= 15 is 0 Å². The average Bonchev–Trinajstić information content (AvgIpc) is 3.20. The van der Waals surface area contributed by atoms with Crippen molar-refractivity contribution in [1.29, 1.82) is 5.26 Å². The molecule has 0 unspecified atom stereocenters. The SMILES string of the molecule is C[C@@H]1C[C@@H](Nc2cncc(-c3cnc4cc(C#N)ccn34)n2)CN1. The van der Waals surface area contributed by atoms with Crippen molar-refractivity contribution in [3.63, 3.8) is 0 Å². The minimum Gasteiger partial charge on any atom is -0.365 e. The van der Waals surface area contributed by atoms with Crippen molar-refractivity contribution in [2.75, 3.05) is 11.9 Å². The molecule has 0 aromatic carbocycles. The van der Waals surface area contributed by atoms with E-state index in [2.05, 4.69) is 38.6 Å². The van der Waals surface area contributed by atoms with Gasteiger partial charge in [0.25, 0.3) is 0 Å². The summed E-state index contributed by atoms with van der Waals surface area (Å²) in [6, 6.07) is 6.53. The smallest absolute Gasteiger partial charge is 0.145 e. The highest BCUT2D eigenvalue weighted by molar-refractivity contribution is 5.62. The molecule has 0 amide bonds. The van der Waals surface area contributed by atoms with Gasteiger partial charge >= 0.3 is 0 Å². The summed E-state index contributed by atoms with van der Waals surface area (Å²) in [5.74, 6) is 0.761. The fourth-order valence-corrected chi connectivity index (χ4v) is 3.05. The lowest BCUT2D eigenvalue weighted by atomic mass is 10.2. The Kier molecular flexibility index (Phi) is 3.59. The van der Waals surface area contributed by atoms with Gasteiger partial charge in [0.05, 0.1) is 35.9 Å². The van der Waals surface area contributed by atoms with Crippen LogP contribution in [0.4, 0.5) is 5.82 Å². The highest BCUT2D eigenvalue weighted by atomic mass is 15.1. The first-order valence-electron chi connectivity index (χ1n) is 7.92. The predicted octanol–water partition coefficient (Wildman–Crippen LogP) is 1.83. The van der Waals surface area contributed by atoms with E-state index in [1.54, 1.807) is 30.7 Å². The molecule has 0 radical (unpaired) electrons. The van der Waals surface area contributed by atoms with Crippen LogP contribution < -0.4 is 10.6 Å². The van der Waals surface area contributed by atoms with Crippen LogP contribution in [0, 0.1) is 11.3 Å². The standard InChI is InChI=1S/C17H17N7/c1-11-4-13(7-20-11)22-16-10-19-8-14(23-16)15-9-21-17-5-12(6-18)2-3-24(15)17/h2-3,5,8-11,13,20H,4,7H2,1H3,(H,22,23)/t11-,13-/m1/s1. The second-order valence-corrected chi connectivity index (χ2v) is 6.07. The van der Waals surface area contributed by atoms with Crippen LogP contribution in [0.15, 0.2) is 36.9 Å². The summed E-state index contributed by atoms with van der Waals surface area (Å²) in [6.07, 6.45) is 8.12. The quantitative estimate of drug-likeness (QED) is 0.765. The summed E-state index contributed by atoms with van der Waals surface area (Å²) in [4.78, 5) is 13.3. The number of hydrogen-bond acceptors (Lipinski definition) is 6. The van der Waals surface area contributed by atoms with Gasteiger partial charge in [-0.25, -0.2) is 9.97 Å². The zero-order valence-electron chi connectivity index (χ0n) is 13.3. The molecule has 0 saturated carbocycles. The van der Waals surface area contributed by atoms with Crippen molar-refractivity contribution < 1.29 is 0 Å². The number of imidazole rings is 1. The lowest BCUT2D eigenvalue weighted by Crippen LogP contribution is -2.23. The number of nitrogens with zero attached hydrogens (tertiary/aromatic N) is 5. The monoisotopic (exact) mass is 319 g/mol. The molecule has 4 rings (SSSR count). The Hall–Kier alpha value is -2.98. The Morgan fingerprint density at radius 2 is 2.29 bits per heavy atom. The Bertz CT molecular complexity index is 924. The number of aromatic nitrogens is 4. The topological polar surface area (TPSA) is 90.9 Å². The van der Waals surface area contributed by atoms with Crippen LogP contribution in [-0.4, -0.2) is 38.0 Å². The summed E-state index contributed by atoms with van der Waals surface area (Å²) in [5, 5.41) is 15.8. The first-order chi connectivity index (χ1) is 11.7. The highest BCUT2D eigenvalue weighted by Gasteiger charge is 2.20. The number of pyridine rings is 1. The van der Waals surface area contributed by atoms with Gasteiger partial charge in [-0.2, -0.15) is 5.26 Å². The van der Waals surface area contributed by atoms with Crippen LogP contribution in [0.25, 0.3) is 17.0 Å². The Morgan fingerprint density at radius 1 is 1.38 bits per heavy atom. The third kappa shape index (κ3) is 2.68. The van der Waals surface area contributed by atoms with E-state index in [0.717, 1.165) is 35.8 Å². The summed E-state index contributed by atoms with van der Waals surface area (Å²) < 4.78 is 1.91. The van der Waals surface area contributed by atoms with Crippen molar-refractivity contribution >= 4 is 11.5 Å². The van der Waals surface area contributed by atoms with E-state index in [-0.39, 0.29) is 0 Å². The van der Waals surface area contributed by atoms with Gasteiger partial charge in [-0.05, 0) is 25.5 Å². The molecule has 1 saturated heterocycles. The third-order valence-electron chi connectivity index (χ3n) is 4.24. The van der Waals surface area contributed by atoms with E-state index in [9.17, 15) is 0 Å². The molecule has 0 bridgehead atoms. The summed E-state index contributed by atoms with van der Waals surface area (Å²) in [6.45, 7) is 3.11. The van der Waals surface area contributed by atoms with Gasteiger partial charge < -0.3 is 10.6 Å². The fourth-order valence-electron chi connectivity index (χ4n) is 3.05. The van der Waals surface area contributed by atoms with Crippen LogP contribution in [0.3, 0.4) is 0 Å². The van der Waals surface area contributed by atoms with Gasteiger partial charge in [-0.3, -0.25) is 9.38 Å². The average molecular weight is 319 g/mol. The van der Waals surface area contributed by atoms with Gasteiger partial charge in [0.1, 0.15) is 17.2 Å². The minimum atomic E-state index is 0.366. The summed E-state index contributed by atoms with van der Waals surface area (Å²) in [5.41, 5.74) is 2.90. The van der Waals surface area contributed by atoms with E-state index in [1.807, 2.05) is 10.6 Å². The maximum Gasteiger partial charge on any atom is 0.145 e. The zero-order valence-corrected chi connectivity index (χ0v) is 13.3. The Balaban J connectivity index is 1.65. The first-order valence-corrected chi connectivity index (χ1v) is 7.92. The summed E-state index contributed by atoms with van der Waals surface area (Å²) in [7, 11) is 0. The fraction of sp³-hybridized carbons (Fsp3) is 0.294. The molecule has 2 atom stereocenters. The Morgan fingerprint density at radius 3 is 3.08 bits per heavy atom. The molecule has 0 aliphatic carbocycles. The lowest BCUT2D eigenvalue weighted by molar-refractivity contribution is 0.661. The zero-order chi connectivity index (χ0) is 16.5. The second-order valence-electron chi connectivity index (χ2n) is 6.07. The van der Waals surface area contributed by atoms with Gasteiger partial charge in [0.15, 0.2) is 0 Å². The molecule has 1 fully saturated rings. The van der Waals surface area contributed by atoms with Gasteiger partial charge in [-0.1, -0.05) is 0 Å². The normalized spacial score (nSPS) is 20.2. The van der Waals surface area contributed by atoms with E-state index in [0.29, 0.717) is 17.6 Å². The number of rotatable bonds is 3. The minimum absolute atomic E-state index is 0.366. The second kappa shape index (κ2) is 5.91. The predicted molar refractivity (Wildman–Crippen MR) is 90.4 cm³/mol. The van der Waals surface area contributed by atoms with E-state index < -0.39 is 0 Å². The van der Waals surface area contributed by atoms with E-state index in [4.69, 9.17) is 5.26 Å². The van der Waals surface area contributed by atoms with Crippen LogP contribution >= 0.6 is 0 Å². The van der Waals surface area contributed by atoms with Crippen molar-refractivity contribution in [3.8, 4) is 17.5 Å². The third-order valence-corrected chi connectivity index (χ3v) is 4.24. The molecular formula is C17H17N7. The number of anilines is 1. The van der Waals surface area contributed by atoms with Crippen LogP contribution in [0.2, 0.25) is 0 Å². The molecular weight excluding hydrogens is 302 g/mol. The van der Waals surface area contributed by atoms with Crippen molar-refractivity contribution in [3.05, 3.63) is 42.5 Å². The maximum absolute atomic E-state index is 8.99. The summed E-state index contributed by atoms with van der Waals surface area (Å²) >= 11 is 0. The van der Waals surface area contributed by atoms with Gasteiger partial charge in [-0.15, -0.1) is 0 Å². The molecule has 7 heteroatoms. The van der Waals surface area contributed by atoms with Gasteiger partial charge in [0.2, 0.25) is 0 Å². The molecule has 120 valence electrons. The molecule has 3 aromatic rings. The number of nitrogens with one attached hydrogen (secondary N) is 2. The van der Waals surface area contributed by atoms with Crippen molar-refractivity contribution in [2.24, 2.45) is 0 Å². The van der Waals surface area contributed by atoms with E-state index in [1.165, 1.54) is 0 Å². The van der Waals surface area contributed by atoms with Crippen LogP contribution in [-0.2, 0) is 0 Å². The molecule has 2 N–H and O–H groups in total. The highest BCUT2D eigenvalue weighted by Crippen LogP contribution is 2.21.